The summed E-state index contributed by atoms with van der Waals surface area (Å²) in [7, 11) is -1.57. The van der Waals surface area contributed by atoms with Crippen molar-refractivity contribution in [3.8, 4) is 0 Å². The van der Waals surface area contributed by atoms with Crippen LogP contribution < -0.4 is 0 Å². The van der Waals surface area contributed by atoms with Gasteiger partial charge in [-0.1, -0.05) is 0 Å². The summed E-state index contributed by atoms with van der Waals surface area (Å²) in [6.45, 7) is 0. The Kier molecular flexibility index (Phi) is 3.69. The highest BCUT2D eigenvalue weighted by Crippen LogP contribution is 2.16. The first kappa shape index (κ1) is 12.7. The third-order valence-electron chi connectivity index (χ3n) is 2.47. The van der Waals surface area contributed by atoms with Gasteiger partial charge in [-0.15, -0.1) is 0 Å². The lowest BCUT2D eigenvalue weighted by molar-refractivity contribution is -0.132. The molecule has 1 fully saturated rings. The Morgan fingerprint density at radius 2 is 2.00 bits per heavy atom. The number of carbonyl (C=O) groups is 2. The molecule has 0 aromatic carbocycles. The van der Waals surface area contributed by atoms with Crippen molar-refractivity contribution in [1.82, 2.24) is 4.90 Å². The lowest BCUT2D eigenvalue weighted by atomic mass is 10.2. The van der Waals surface area contributed by atoms with Gasteiger partial charge in [0.1, 0.15) is 0 Å². The van der Waals surface area contributed by atoms with E-state index in [-0.39, 0.29) is 17.5 Å². The van der Waals surface area contributed by atoms with E-state index in [0.29, 0.717) is 6.42 Å². The fourth-order valence-corrected chi connectivity index (χ4v) is 3.30. The largest absolute Gasteiger partial charge is 0.478 e. The molecule has 16 heavy (non-hydrogen) atoms. The molecule has 1 heterocycles. The molecule has 0 spiro atoms. The Bertz CT molecular complexity index is 425. The van der Waals surface area contributed by atoms with Gasteiger partial charge in [-0.25, -0.2) is 13.2 Å². The second-order valence-corrected chi connectivity index (χ2v) is 5.91. The normalized spacial score (nSPS) is 23.4. The quantitative estimate of drug-likeness (QED) is 0.664. The second-order valence-electron chi connectivity index (χ2n) is 3.68. The molecule has 1 N–H and O–H groups in total. The molecule has 0 unspecified atom stereocenters. The molecule has 0 aliphatic carbocycles. The van der Waals surface area contributed by atoms with Crippen molar-refractivity contribution in [2.45, 2.75) is 12.5 Å². The molecule has 1 amide bonds. The molecule has 1 aliphatic heterocycles. The topological polar surface area (TPSA) is 91.8 Å². The smallest absolute Gasteiger partial charge is 0.328 e. The number of likely N-dealkylation sites (N-methyl/N-ethyl adjacent to an activating group) is 1. The Morgan fingerprint density at radius 1 is 1.38 bits per heavy atom. The van der Waals surface area contributed by atoms with Crippen LogP contribution in [0.3, 0.4) is 0 Å². The van der Waals surface area contributed by atoms with Gasteiger partial charge in [-0.3, -0.25) is 4.79 Å². The minimum atomic E-state index is -3.04. The Balaban J connectivity index is 2.62. The number of hydrogen-bond acceptors (Lipinski definition) is 4. The maximum Gasteiger partial charge on any atom is 0.328 e. The fourth-order valence-electron chi connectivity index (χ4n) is 1.52. The Labute approximate surface area is 93.5 Å². The number of hydrogen-bond donors (Lipinski definition) is 1. The van der Waals surface area contributed by atoms with Crippen LogP contribution in [0.1, 0.15) is 6.42 Å². The van der Waals surface area contributed by atoms with Crippen LogP contribution in [0, 0.1) is 0 Å². The van der Waals surface area contributed by atoms with Crippen molar-refractivity contribution in [1.29, 1.82) is 0 Å². The number of rotatable bonds is 3. The van der Waals surface area contributed by atoms with Crippen LogP contribution in [0.4, 0.5) is 0 Å². The molecule has 1 rings (SSSR count). The highest BCUT2D eigenvalue weighted by atomic mass is 32.2. The zero-order chi connectivity index (χ0) is 12.3. The zero-order valence-electron chi connectivity index (χ0n) is 8.79. The lowest BCUT2D eigenvalue weighted by Crippen LogP contribution is -2.36. The third kappa shape index (κ3) is 3.34. The SMILES string of the molecule is CN(C(=O)/C=C/C(=O)O)[C@H]1CCS(=O)(=O)C1. The molecule has 90 valence electrons. The standard InChI is InChI=1S/C9H13NO5S/c1-10(8(11)2-3-9(12)13)7-4-5-16(14,15)6-7/h2-3,7H,4-6H2,1H3,(H,12,13)/b3-2+/t7-/m0/s1. The summed E-state index contributed by atoms with van der Waals surface area (Å²) in [6, 6.07) is -0.351. The highest BCUT2D eigenvalue weighted by molar-refractivity contribution is 7.91. The maximum atomic E-state index is 11.4. The predicted molar refractivity (Wildman–Crippen MR) is 56.6 cm³/mol. The van der Waals surface area contributed by atoms with Gasteiger partial charge >= 0.3 is 5.97 Å². The van der Waals surface area contributed by atoms with Gasteiger partial charge in [0, 0.05) is 25.2 Å². The van der Waals surface area contributed by atoms with E-state index < -0.39 is 21.7 Å². The molecule has 7 heteroatoms. The molecular formula is C9H13NO5S. The molecule has 0 saturated carbocycles. The van der Waals surface area contributed by atoms with Crippen molar-refractivity contribution in [2.75, 3.05) is 18.6 Å². The number of amides is 1. The summed E-state index contributed by atoms with van der Waals surface area (Å²) in [6.07, 6.45) is 2.07. The minimum absolute atomic E-state index is 0.0455. The molecule has 1 atom stereocenters. The van der Waals surface area contributed by atoms with Crippen LogP contribution in [-0.4, -0.2) is 54.9 Å². The average molecular weight is 247 g/mol. The van der Waals surface area contributed by atoms with E-state index in [2.05, 4.69) is 0 Å². The summed E-state index contributed by atoms with van der Waals surface area (Å²) in [5.74, 6) is -1.67. The molecule has 0 aromatic rings. The van der Waals surface area contributed by atoms with Gasteiger partial charge in [-0.05, 0) is 6.42 Å². The first-order chi connectivity index (χ1) is 7.32. The van der Waals surface area contributed by atoms with E-state index in [1.165, 1.54) is 11.9 Å². The van der Waals surface area contributed by atoms with Crippen LogP contribution in [0.25, 0.3) is 0 Å². The highest BCUT2D eigenvalue weighted by Gasteiger charge is 2.31. The van der Waals surface area contributed by atoms with Crippen molar-refractivity contribution in [3.05, 3.63) is 12.2 Å². The van der Waals surface area contributed by atoms with Crippen LogP contribution in [0.2, 0.25) is 0 Å². The molecule has 6 nitrogen and oxygen atoms in total. The number of carboxylic acid groups (broad SMARTS) is 1. The van der Waals surface area contributed by atoms with Gasteiger partial charge < -0.3 is 10.0 Å². The summed E-state index contributed by atoms with van der Waals surface area (Å²) >= 11 is 0. The van der Waals surface area contributed by atoms with Crippen molar-refractivity contribution < 1.29 is 23.1 Å². The second kappa shape index (κ2) is 4.65. The Hall–Kier alpha value is -1.37. The number of carbonyl (C=O) groups excluding carboxylic acids is 1. The lowest BCUT2D eigenvalue weighted by Gasteiger charge is -2.21. The van der Waals surface area contributed by atoms with Crippen LogP contribution >= 0.6 is 0 Å². The first-order valence-electron chi connectivity index (χ1n) is 4.70. The van der Waals surface area contributed by atoms with E-state index in [9.17, 15) is 18.0 Å². The number of sulfone groups is 1. The molecule has 0 radical (unpaired) electrons. The summed E-state index contributed by atoms with van der Waals surface area (Å²) in [4.78, 5) is 22.9. The van der Waals surface area contributed by atoms with Gasteiger partial charge in [-0.2, -0.15) is 0 Å². The van der Waals surface area contributed by atoms with Gasteiger partial charge in [0.15, 0.2) is 9.84 Å². The summed E-state index contributed by atoms with van der Waals surface area (Å²) in [5.41, 5.74) is 0. The third-order valence-corrected chi connectivity index (χ3v) is 4.22. The fraction of sp³-hybridized carbons (Fsp3) is 0.556. The molecule has 1 saturated heterocycles. The number of aliphatic carboxylic acids is 1. The van der Waals surface area contributed by atoms with Crippen LogP contribution in [0.15, 0.2) is 12.2 Å². The summed E-state index contributed by atoms with van der Waals surface area (Å²) < 4.78 is 22.4. The molecular weight excluding hydrogens is 234 g/mol. The van der Waals surface area contributed by atoms with Gasteiger partial charge in [0.2, 0.25) is 5.91 Å². The van der Waals surface area contributed by atoms with Gasteiger partial charge in [0.05, 0.1) is 11.5 Å². The molecule has 0 aromatic heterocycles. The van der Waals surface area contributed by atoms with E-state index in [1.807, 2.05) is 0 Å². The first-order valence-corrected chi connectivity index (χ1v) is 6.52. The maximum absolute atomic E-state index is 11.4. The summed E-state index contributed by atoms with van der Waals surface area (Å²) in [5, 5.41) is 8.34. The van der Waals surface area contributed by atoms with E-state index in [0.717, 1.165) is 12.2 Å². The van der Waals surface area contributed by atoms with E-state index in [4.69, 9.17) is 5.11 Å². The number of carboxylic acids is 1. The Morgan fingerprint density at radius 3 is 2.44 bits per heavy atom. The molecule has 0 bridgehead atoms. The predicted octanol–water partition coefficient (Wildman–Crippen LogP) is -0.727. The van der Waals surface area contributed by atoms with Crippen molar-refractivity contribution >= 4 is 21.7 Å². The van der Waals surface area contributed by atoms with Crippen molar-refractivity contribution in [3.63, 3.8) is 0 Å². The van der Waals surface area contributed by atoms with Gasteiger partial charge in [0.25, 0.3) is 0 Å². The van der Waals surface area contributed by atoms with Crippen LogP contribution in [-0.2, 0) is 19.4 Å². The minimum Gasteiger partial charge on any atom is -0.478 e. The van der Waals surface area contributed by atoms with E-state index in [1.54, 1.807) is 0 Å². The monoisotopic (exact) mass is 247 g/mol. The van der Waals surface area contributed by atoms with Crippen LogP contribution in [0.5, 0.6) is 0 Å². The average Bonchev–Trinajstić information content (AvgIpc) is 2.54. The number of nitrogens with zero attached hydrogens (tertiary/aromatic N) is 1. The van der Waals surface area contributed by atoms with Crippen molar-refractivity contribution in [2.24, 2.45) is 0 Å². The van der Waals surface area contributed by atoms with E-state index >= 15 is 0 Å². The molecule has 1 aliphatic rings. The zero-order valence-corrected chi connectivity index (χ0v) is 9.61.